The quantitative estimate of drug-likeness (QED) is 0.887. The number of carbonyl (C=O) groups is 2. The summed E-state index contributed by atoms with van der Waals surface area (Å²) in [5, 5.41) is 2.86. The van der Waals surface area contributed by atoms with Crippen LogP contribution >= 0.6 is 0 Å². The van der Waals surface area contributed by atoms with Crippen molar-refractivity contribution in [3.63, 3.8) is 0 Å². The van der Waals surface area contributed by atoms with Crippen molar-refractivity contribution in [3.8, 4) is 0 Å². The maximum atomic E-state index is 13.7. The van der Waals surface area contributed by atoms with Crippen molar-refractivity contribution < 1.29 is 18.4 Å². The highest BCUT2D eigenvalue weighted by Crippen LogP contribution is 2.15. The Labute approximate surface area is 140 Å². The highest BCUT2D eigenvalue weighted by Gasteiger charge is 2.28. The van der Waals surface area contributed by atoms with Crippen molar-refractivity contribution in [3.05, 3.63) is 35.4 Å². The standard InChI is InChI=1S/C17H23F2N3O2/c1-3-6-20-16(23)12(2)21-7-9-22(10-8-21)17(24)14-5-4-13(18)11-15(14)19/h4-5,11-12H,3,6-10H2,1-2H3,(H,20,23). The Balaban J connectivity index is 1.92. The number of rotatable bonds is 5. The number of nitrogens with zero attached hydrogens (tertiary/aromatic N) is 2. The van der Waals surface area contributed by atoms with Crippen molar-refractivity contribution in [2.75, 3.05) is 32.7 Å². The molecule has 1 atom stereocenters. The van der Waals surface area contributed by atoms with Gasteiger partial charge in [0.1, 0.15) is 11.6 Å². The molecular weight excluding hydrogens is 316 g/mol. The van der Waals surface area contributed by atoms with Gasteiger partial charge in [-0.15, -0.1) is 0 Å². The molecule has 0 aliphatic carbocycles. The van der Waals surface area contributed by atoms with Gasteiger partial charge in [-0.3, -0.25) is 14.5 Å². The van der Waals surface area contributed by atoms with Crippen LogP contribution in [0.4, 0.5) is 8.78 Å². The number of nitrogens with one attached hydrogen (secondary N) is 1. The molecule has 2 amide bonds. The van der Waals surface area contributed by atoms with Gasteiger partial charge in [-0.05, 0) is 25.5 Å². The molecule has 0 spiro atoms. The van der Waals surface area contributed by atoms with Crippen molar-refractivity contribution in [2.24, 2.45) is 0 Å². The zero-order valence-corrected chi connectivity index (χ0v) is 14.0. The van der Waals surface area contributed by atoms with E-state index in [9.17, 15) is 18.4 Å². The van der Waals surface area contributed by atoms with Gasteiger partial charge in [0.05, 0.1) is 11.6 Å². The van der Waals surface area contributed by atoms with E-state index < -0.39 is 17.5 Å². The second-order valence-electron chi connectivity index (χ2n) is 5.92. The Bertz CT molecular complexity index is 601. The lowest BCUT2D eigenvalue weighted by molar-refractivity contribution is -0.126. The monoisotopic (exact) mass is 339 g/mol. The van der Waals surface area contributed by atoms with Crippen molar-refractivity contribution in [1.82, 2.24) is 15.1 Å². The Kier molecular flexibility index (Phi) is 6.25. The second kappa shape index (κ2) is 8.19. The Hall–Kier alpha value is -2.02. The fourth-order valence-electron chi connectivity index (χ4n) is 2.71. The fourth-order valence-corrected chi connectivity index (χ4v) is 2.71. The highest BCUT2D eigenvalue weighted by molar-refractivity contribution is 5.94. The molecule has 0 radical (unpaired) electrons. The Morgan fingerprint density at radius 3 is 2.46 bits per heavy atom. The lowest BCUT2D eigenvalue weighted by Crippen LogP contribution is -2.55. The molecule has 2 rings (SSSR count). The van der Waals surface area contributed by atoms with Gasteiger partial charge in [-0.1, -0.05) is 6.92 Å². The van der Waals surface area contributed by atoms with Crippen LogP contribution in [0.2, 0.25) is 0 Å². The van der Waals surface area contributed by atoms with E-state index >= 15 is 0 Å². The molecule has 7 heteroatoms. The zero-order valence-electron chi connectivity index (χ0n) is 14.0. The minimum atomic E-state index is -0.852. The molecule has 0 bridgehead atoms. The fraction of sp³-hybridized carbons (Fsp3) is 0.529. The van der Waals surface area contributed by atoms with Crippen molar-refractivity contribution >= 4 is 11.8 Å². The summed E-state index contributed by atoms with van der Waals surface area (Å²) in [6, 6.07) is 2.69. The number of halogens is 2. The normalized spacial score (nSPS) is 16.8. The molecule has 1 N–H and O–H groups in total. The van der Waals surface area contributed by atoms with Crippen LogP contribution in [0.15, 0.2) is 18.2 Å². The molecule has 1 aliphatic rings. The van der Waals surface area contributed by atoms with E-state index in [4.69, 9.17) is 0 Å². The van der Waals surface area contributed by atoms with Crippen LogP contribution in [-0.4, -0.2) is 60.4 Å². The first-order valence-corrected chi connectivity index (χ1v) is 8.20. The van der Waals surface area contributed by atoms with Crippen LogP contribution in [0.3, 0.4) is 0 Å². The molecule has 1 aromatic rings. The number of piperazine rings is 1. The average molecular weight is 339 g/mol. The summed E-state index contributed by atoms with van der Waals surface area (Å²) in [4.78, 5) is 27.9. The van der Waals surface area contributed by atoms with Gasteiger partial charge in [0.15, 0.2) is 0 Å². The van der Waals surface area contributed by atoms with E-state index in [1.54, 1.807) is 0 Å². The van der Waals surface area contributed by atoms with Gasteiger partial charge in [0, 0.05) is 38.8 Å². The van der Waals surface area contributed by atoms with Gasteiger partial charge in [0.2, 0.25) is 5.91 Å². The SMILES string of the molecule is CCCNC(=O)C(C)N1CCN(C(=O)c2ccc(F)cc2F)CC1. The Morgan fingerprint density at radius 2 is 1.88 bits per heavy atom. The molecular formula is C17H23F2N3O2. The molecule has 24 heavy (non-hydrogen) atoms. The Morgan fingerprint density at radius 1 is 1.21 bits per heavy atom. The second-order valence-corrected chi connectivity index (χ2v) is 5.92. The highest BCUT2D eigenvalue weighted by atomic mass is 19.1. The summed E-state index contributed by atoms with van der Waals surface area (Å²) in [5.41, 5.74) is -0.126. The average Bonchev–Trinajstić information content (AvgIpc) is 2.58. The van der Waals surface area contributed by atoms with E-state index in [0.29, 0.717) is 38.8 Å². The lowest BCUT2D eigenvalue weighted by Gasteiger charge is -2.37. The zero-order chi connectivity index (χ0) is 17.7. The van der Waals surface area contributed by atoms with Crippen molar-refractivity contribution in [2.45, 2.75) is 26.3 Å². The van der Waals surface area contributed by atoms with Crippen LogP contribution in [0, 0.1) is 11.6 Å². The summed E-state index contributed by atoms with van der Waals surface area (Å²) in [6.45, 7) is 6.35. The first-order valence-electron chi connectivity index (χ1n) is 8.20. The predicted octanol–water partition coefficient (Wildman–Crippen LogP) is 1.64. The summed E-state index contributed by atoms with van der Waals surface area (Å²) < 4.78 is 26.7. The molecule has 1 aromatic carbocycles. The predicted molar refractivity (Wildman–Crippen MR) is 86.6 cm³/mol. The topological polar surface area (TPSA) is 52.7 Å². The first kappa shape index (κ1) is 18.3. The number of benzene rings is 1. The third-order valence-electron chi connectivity index (χ3n) is 4.24. The smallest absolute Gasteiger partial charge is 0.256 e. The third kappa shape index (κ3) is 4.29. The molecule has 5 nitrogen and oxygen atoms in total. The van der Waals surface area contributed by atoms with Gasteiger partial charge in [-0.2, -0.15) is 0 Å². The van der Waals surface area contributed by atoms with Crippen LogP contribution < -0.4 is 5.32 Å². The van der Waals surface area contributed by atoms with E-state index in [0.717, 1.165) is 12.5 Å². The van der Waals surface area contributed by atoms with E-state index in [2.05, 4.69) is 5.32 Å². The van der Waals surface area contributed by atoms with Gasteiger partial charge < -0.3 is 10.2 Å². The molecule has 1 aliphatic heterocycles. The minimum Gasteiger partial charge on any atom is -0.355 e. The van der Waals surface area contributed by atoms with Gasteiger partial charge in [-0.25, -0.2) is 8.78 Å². The van der Waals surface area contributed by atoms with Crippen molar-refractivity contribution in [1.29, 1.82) is 0 Å². The summed E-state index contributed by atoms with van der Waals surface area (Å²) in [6.07, 6.45) is 0.879. The molecule has 1 saturated heterocycles. The van der Waals surface area contributed by atoms with Crippen LogP contribution in [0.25, 0.3) is 0 Å². The number of hydrogen-bond acceptors (Lipinski definition) is 3. The molecule has 0 aromatic heterocycles. The number of amides is 2. The van der Waals surface area contributed by atoms with Crippen LogP contribution in [-0.2, 0) is 4.79 Å². The summed E-state index contributed by atoms with van der Waals surface area (Å²) in [7, 11) is 0. The first-order chi connectivity index (χ1) is 11.4. The van der Waals surface area contributed by atoms with Crippen LogP contribution in [0.5, 0.6) is 0 Å². The van der Waals surface area contributed by atoms with E-state index in [1.807, 2.05) is 18.7 Å². The summed E-state index contributed by atoms with van der Waals surface area (Å²) >= 11 is 0. The van der Waals surface area contributed by atoms with Gasteiger partial charge >= 0.3 is 0 Å². The third-order valence-corrected chi connectivity index (χ3v) is 4.24. The van der Waals surface area contributed by atoms with E-state index in [1.165, 1.54) is 11.0 Å². The van der Waals surface area contributed by atoms with Gasteiger partial charge in [0.25, 0.3) is 5.91 Å². The van der Waals surface area contributed by atoms with Crippen LogP contribution in [0.1, 0.15) is 30.6 Å². The molecule has 1 unspecified atom stereocenters. The lowest BCUT2D eigenvalue weighted by atomic mass is 10.1. The maximum Gasteiger partial charge on any atom is 0.256 e. The summed E-state index contributed by atoms with van der Waals surface area (Å²) in [5.74, 6) is -2.04. The molecule has 132 valence electrons. The minimum absolute atomic E-state index is 0.0267. The molecule has 1 fully saturated rings. The van der Waals surface area contributed by atoms with E-state index in [-0.39, 0.29) is 17.5 Å². The molecule has 1 heterocycles. The largest absolute Gasteiger partial charge is 0.355 e. The molecule has 0 saturated carbocycles. The number of carbonyl (C=O) groups excluding carboxylic acids is 2. The number of hydrogen-bond donors (Lipinski definition) is 1. The maximum absolute atomic E-state index is 13.7.